The van der Waals surface area contributed by atoms with E-state index in [9.17, 15) is 4.79 Å². The van der Waals surface area contributed by atoms with Crippen molar-refractivity contribution in [1.29, 1.82) is 0 Å². The zero-order valence-corrected chi connectivity index (χ0v) is 15.6. The van der Waals surface area contributed by atoms with Gasteiger partial charge in [-0.25, -0.2) is 9.20 Å². The van der Waals surface area contributed by atoms with Crippen LogP contribution >= 0.6 is 0 Å². The molecule has 138 valence electrons. The molecule has 3 aromatic rings. The third-order valence-electron chi connectivity index (χ3n) is 4.87. The first-order valence-corrected chi connectivity index (χ1v) is 8.91. The van der Waals surface area contributed by atoms with E-state index in [1.807, 2.05) is 25.1 Å². The van der Waals surface area contributed by atoms with Crippen LogP contribution in [-0.2, 0) is 11.4 Å². The van der Waals surface area contributed by atoms with Crippen molar-refractivity contribution in [2.75, 3.05) is 20.2 Å². The summed E-state index contributed by atoms with van der Waals surface area (Å²) in [5.74, 6) is 0.720. The number of hydrogen-bond donors (Lipinski definition) is 0. The van der Waals surface area contributed by atoms with Crippen molar-refractivity contribution in [2.45, 2.75) is 39.6 Å². The first kappa shape index (κ1) is 17.1. The van der Waals surface area contributed by atoms with E-state index >= 15 is 0 Å². The maximum atomic E-state index is 13.1. The van der Waals surface area contributed by atoms with Gasteiger partial charge < -0.3 is 9.47 Å². The van der Waals surface area contributed by atoms with E-state index in [2.05, 4.69) is 29.9 Å². The molecule has 0 aliphatic carbocycles. The van der Waals surface area contributed by atoms with Gasteiger partial charge in [0.15, 0.2) is 5.65 Å². The van der Waals surface area contributed by atoms with Crippen molar-refractivity contribution in [3.63, 3.8) is 0 Å². The Bertz CT molecular complexity index is 1010. The van der Waals surface area contributed by atoms with Crippen LogP contribution in [0, 0.1) is 6.92 Å². The molecule has 7 nitrogen and oxygen atoms in total. The summed E-state index contributed by atoms with van der Waals surface area (Å²) in [7, 11) is 1.62. The van der Waals surface area contributed by atoms with E-state index < -0.39 is 0 Å². The minimum Gasteiger partial charge on any atom is -0.497 e. The number of aromatic nitrogens is 3. The van der Waals surface area contributed by atoms with Gasteiger partial charge >= 0.3 is 5.69 Å². The van der Waals surface area contributed by atoms with Gasteiger partial charge in [-0.1, -0.05) is 0 Å². The van der Waals surface area contributed by atoms with Crippen LogP contribution in [0.5, 0.6) is 5.75 Å². The molecule has 2 atom stereocenters. The fourth-order valence-corrected chi connectivity index (χ4v) is 3.83. The molecule has 0 spiro atoms. The Morgan fingerprint density at radius 1 is 1.23 bits per heavy atom. The normalized spacial score (nSPS) is 21.5. The summed E-state index contributed by atoms with van der Waals surface area (Å²) in [5, 5.41) is 5.60. The van der Waals surface area contributed by atoms with Crippen LogP contribution in [-0.4, -0.2) is 51.5 Å². The first-order chi connectivity index (χ1) is 12.5. The fraction of sp³-hybridized carbons (Fsp3) is 0.474. The van der Waals surface area contributed by atoms with E-state index in [0.717, 1.165) is 35.3 Å². The highest BCUT2D eigenvalue weighted by Gasteiger charge is 2.23. The van der Waals surface area contributed by atoms with Crippen LogP contribution in [0.25, 0.3) is 16.6 Å². The summed E-state index contributed by atoms with van der Waals surface area (Å²) < 4.78 is 14.3. The second-order valence-electron chi connectivity index (χ2n) is 7.13. The van der Waals surface area contributed by atoms with Gasteiger partial charge in [-0.05, 0) is 49.9 Å². The van der Waals surface area contributed by atoms with Crippen molar-refractivity contribution >= 4 is 16.6 Å². The Morgan fingerprint density at radius 2 is 1.96 bits per heavy atom. The fourth-order valence-electron chi connectivity index (χ4n) is 3.83. The Balaban J connectivity index is 1.82. The molecule has 7 heteroatoms. The highest BCUT2D eigenvalue weighted by Crippen LogP contribution is 2.23. The van der Waals surface area contributed by atoms with E-state index in [1.165, 1.54) is 0 Å². The van der Waals surface area contributed by atoms with Crippen LogP contribution in [0.2, 0.25) is 0 Å². The van der Waals surface area contributed by atoms with Crippen molar-refractivity contribution < 1.29 is 9.47 Å². The molecule has 4 rings (SSSR count). The number of fused-ring (bicyclic) bond motifs is 3. The van der Waals surface area contributed by atoms with Crippen LogP contribution < -0.4 is 10.4 Å². The lowest BCUT2D eigenvalue weighted by atomic mass is 10.1. The van der Waals surface area contributed by atoms with Crippen LogP contribution in [0.1, 0.15) is 19.4 Å². The molecule has 26 heavy (non-hydrogen) atoms. The van der Waals surface area contributed by atoms with Crippen LogP contribution in [0.15, 0.2) is 29.1 Å². The molecule has 1 saturated heterocycles. The van der Waals surface area contributed by atoms with Gasteiger partial charge in [0.25, 0.3) is 0 Å². The summed E-state index contributed by atoms with van der Waals surface area (Å²) in [5.41, 5.74) is 2.34. The Labute approximate surface area is 151 Å². The molecule has 0 N–H and O–H groups in total. The van der Waals surface area contributed by atoms with Gasteiger partial charge in [0.05, 0.1) is 31.5 Å². The average Bonchev–Trinajstić information content (AvgIpc) is 2.91. The highest BCUT2D eigenvalue weighted by molar-refractivity contribution is 5.84. The maximum Gasteiger partial charge on any atom is 0.352 e. The van der Waals surface area contributed by atoms with Gasteiger partial charge in [-0.15, -0.1) is 5.10 Å². The van der Waals surface area contributed by atoms with E-state index in [1.54, 1.807) is 16.2 Å². The summed E-state index contributed by atoms with van der Waals surface area (Å²) in [6.07, 6.45) is 0.302. The highest BCUT2D eigenvalue weighted by atomic mass is 16.5. The number of aryl methyl sites for hydroxylation is 1. The van der Waals surface area contributed by atoms with Gasteiger partial charge in [-0.3, -0.25) is 4.90 Å². The summed E-state index contributed by atoms with van der Waals surface area (Å²) in [4.78, 5) is 15.3. The van der Waals surface area contributed by atoms with Gasteiger partial charge in [0.2, 0.25) is 0 Å². The number of nitrogens with zero attached hydrogens (tertiary/aromatic N) is 4. The van der Waals surface area contributed by atoms with Gasteiger partial charge in [0, 0.05) is 19.2 Å². The minimum absolute atomic E-state index is 0.131. The molecular formula is C19H24N4O3. The number of methoxy groups -OCH3 is 1. The number of rotatable bonds is 3. The van der Waals surface area contributed by atoms with Gasteiger partial charge in [-0.2, -0.15) is 4.68 Å². The van der Waals surface area contributed by atoms with Crippen molar-refractivity contribution in [3.8, 4) is 5.75 Å². The Morgan fingerprint density at radius 3 is 2.65 bits per heavy atom. The largest absolute Gasteiger partial charge is 0.497 e. The predicted molar refractivity (Wildman–Crippen MR) is 99.8 cm³/mol. The monoisotopic (exact) mass is 356 g/mol. The summed E-state index contributed by atoms with van der Waals surface area (Å²) >= 11 is 0. The summed E-state index contributed by atoms with van der Waals surface area (Å²) in [6, 6.07) is 7.81. The number of morpholine rings is 1. The molecule has 2 aromatic heterocycles. The third-order valence-corrected chi connectivity index (χ3v) is 4.87. The van der Waals surface area contributed by atoms with E-state index in [4.69, 9.17) is 9.47 Å². The first-order valence-electron chi connectivity index (χ1n) is 8.91. The maximum absolute atomic E-state index is 13.1. The number of pyridine rings is 1. The van der Waals surface area contributed by atoms with Crippen molar-refractivity contribution in [3.05, 3.63) is 40.3 Å². The van der Waals surface area contributed by atoms with Crippen LogP contribution in [0.3, 0.4) is 0 Å². The molecule has 1 aliphatic rings. The molecule has 1 aliphatic heterocycles. The minimum atomic E-state index is -0.131. The third kappa shape index (κ3) is 2.87. The van der Waals surface area contributed by atoms with E-state index in [-0.39, 0.29) is 17.9 Å². The standard InChI is InChI=1S/C19H24N4O3/c1-12-7-15-5-6-16(25-4)8-17(15)23-18(12)20-22(19(23)24)11-21-9-13(2)26-14(3)10-21/h5-8,13-14H,9-11H2,1-4H3/t13-,14+. The quantitative estimate of drug-likeness (QED) is 0.719. The van der Waals surface area contributed by atoms with Crippen LogP contribution in [0.4, 0.5) is 0 Å². The van der Waals surface area contributed by atoms with E-state index in [0.29, 0.717) is 12.3 Å². The predicted octanol–water partition coefficient (Wildman–Crippen LogP) is 2.03. The second kappa shape index (κ2) is 6.41. The second-order valence-corrected chi connectivity index (χ2v) is 7.13. The SMILES string of the molecule is COc1ccc2cc(C)c3nn(CN4C[C@@H](C)O[C@@H](C)C4)c(=O)n3c2c1. The molecule has 0 bridgehead atoms. The smallest absolute Gasteiger partial charge is 0.352 e. The molecule has 0 radical (unpaired) electrons. The molecular weight excluding hydrogens is 332 g/mol. The molecule has 1 fully saturated rings. The number of benzene rings is 1. The lowest BCUT2D eigenvalue weighted by Gasteiger charge is -2.34. The molecule has 1 aromatic carbocycles. The summed E-state index contributed by atoms with van der Waals surface area (Å²) in [6.45, 7) is 8.13. The van der Waals surface area contributed by atoms with Gasteiger partial charge in [0.1, 0.15) is 5.75 Å². The molecule has 0 amide bonds. The average molecular weight is 356 g/mol. The van der Waals surface area contributed by atoms with Crippen molar-refractivity contribution in [1.82, 2.24) is 19.1 Å². The lowest BCUT2D eigenvalue weighted by molar-refractivity contribution is -0.0778. The zero-order chi connectivity index (χ0) is 18.4. The Kier molecular flexibility index (Phi) is 4.20. The number of ether oxygens (including phenoxy) is 2. The molecule has 3 heterocycles. The zero-order valence-electron chi connectivity index (χ0n) is 15.6. The topological polar surface area (TPSA) is 61.0 Å². The molecule has 0 unspecified atom stereocenters. The Hall–Kier alpha value is -2.38. The molecule has 0 saturated carbocycles. The lowest BCUT2D eigenvalue weighted by Crippen LogP contribution is -2.47. The van der Waals surface area contributed by atoms with Crippen molar-refractivity contribution in [2.24, 2.45) is 0 Å². The number of hydrogen-bond acceptors (Lipinski definition) is 5.